The van der Waals surface area contributed by atoms with Gasteiger partial charge in [-0.2, -0.15) is 5.10 Å². The Balaban J connectivity index is 1.88. The summed E-state index contributed by atoms with van der Waals surface area (Å²) in [4.78, 5) is 12.8. The summed E-state index contributed by atoms with van der Waals surface area (Å²) in [6.45, 7) is 0. The Morgan fingerprint density at radius 1 is 1.43 bits per heavy atom. The largest absolute Gasteiger partial charge is 0.409 e. The van der Waals surface area contributed by atoms with Gasteiger partial charge in [0, 0.05) is 4.70 Å². The zero-order chi connectivity index (χ0) is 14.8. The lowest BCUT2D eigenvalue weighted by Gasteiger charge is -2.02. The van der Waals surface area contributed by atoms with Crippen LogP contribution in [-0.2, 0) is 0 Å². The summed E-state index contributed by atoms with van der Waals surface area (Å²) >= 11 is 1.39. The molecule has 0 aliphatic heterocycles. The monoisotopic (exact) mass is 301 g/mol. The van der Waals surface area contributed by atoms with Crippen LogP contribution in [0.4, 0.5) is 5.82 Å². The molecule has 0 radical (unpaired) electrons. The molecule has 3 aromatic rings. The van der Waals surface area contributed by atoms with Gasteiger partial charge < -0.3 is 16.3 Å². The molecule has 1 amide bonds. The number of nitrogens with zero attached hydrogens (tertiary/aromatic N) is 2. The lowest BCUT2D eigenvalue weighted by Crippen LogP contribution is -2.17. The number of rotatable bonds is 3. The molecule has 0 fully saturated rings. The Labute approximate surface area is 123 Å². The molecule has 8 heteroatoms. The molecule has 0 unspecified atom stereocenters. The predicted molar refractivity (Wildman–Crippen MR) is 80.9 cm³/mol. The van der Waals surface area contributed by atoms with Crippen LogP contribution in [0, 0.1) is 0 Å². The average molecular weight is 301 g/mol. The minimum Gasteiger partial charge on any atom is -0.409 e. The van der Waals surface area contributed by atoms with Crippen LogP contribution < -0.4 is 11.1 Å². The minimum atomic E-state index is -0.285. The van der Waals surface area contributed by atoms with Crippen molar-refractivity contribution in [3.63, 3.8) is 0 Å². The van der Waals surface area contributed by atoms with E-state index in [0.29, 0.717) is 10.4 Å². The first kappa shape index (κ1) is 13.1. The van der Waals surface area contributed by atoms with Crippen molar-refractivity contribution in [3.05, 3.63) is 47.0 Å². The Bertz CT molecular complexity index is 803. The van der Waals surface area contributed by atoms with Gasteiger partial charge in [0.15, 0.2) is 5.84 Å². The Morgan fingerprint density at radius 2 is 2.24 bits per heavy atom. The number of aromatic nitrogens is 2. The summed E-state index contributed by atoms with van der Waals surface area (Å²) in [6.07, 6.45) is 1.37. The van der Waals surface area contributed by atoms with Crippen LogP contribution in [0.3, 0.4) is 0 Å². The third-order valence-corrected chi connectivity index (χ3v) is 4.03. The molecule has 2 aromatic heterocycles. The number of hydrogen-bond acceptors (Lipinski definition) is 5. The van der Waals surface area contributed by atoms with Gasteiger partial charge in [-0.3, -0.25) is 9.89 Å². The van der Waals surface area contributed by atoms with Gasteiger partial charge in [-0.25, -0.2) is 0 Å². The molecule has 0 bridgehead atoms. The van der Waals surface area contributed by atoms with Crippen LogP contribution in [0.15, 0.2) is 41.7 Å². The van der Waals surface area contributed by atoms with E-state index < -0.39 is 0 Å². The molecule has 2 heterocycles. The van der Waals surface area contributed by atoms with Crippen LogP contribution in [0.5, 0.6) is 0 Å². The van der Waals surface area contributed by atoms with Crippen molar-refractivity contribution < 1.29 is 10.0 Å². The summed E-state index contributed by atoms with van der Waals surface area (Å²) in [5.74, 6) is -0.129. The molecule has 21 heavy (non-hydrogen) atoms. The van der Waals surface area contributed by atoms with Gasteiger partial charge in [0.2, 0.25) is 0 Å². The van der Waals surface area contributed by atoms with Gasteiger partial charge in [-0.1, -0.05) is 23.4 Å². The maximum absolute atomic E-state index is 12.3. The highest BCUT2D eigenvalue weighted by atomic mass is 32.1. The number of nitrogens with two attached hydrogens (primary N) is 1. The van der Waals surface area contributed by atoms with E-state index in [-0.39, 0.29) is 17.6 Å². The van der Waals surface area contributed by atoms with Crippen LogP contribution in [-0.4, -0.2) is 27.1 Å². The standard InChI is InChI=1S/C13H11N5O2S/c14-11(18-20)8-6-15-17-12(8)16-13(19)10-5-7-3-1-2-4-9(7)21-10/h1-6,20H,(H2,14,18)(H2,15,16,17,19). The fraction of sp³-hybridized carbons (Fsp3) is 0. The van der Waals surface area contributed by atoms with Gasteiger partial charge in [0.25, 0.3) is 5.91 Å². The summed E-state index contributed by atoms with van der Waals surface area (Å²) in [6, 6.07) is 9.55. The van der Waals surface area contributed by atoms with E-state index in [0.717, 1.165) is 10.1 Å². The van der Waals surface area contributed by atoms with E-state index in [1.807, 2.05) is 30.3 Å². The number of carbonyl (C=O) groups excluding carboxylic acids is 1. The van der Waals surface area contributed by atoms with Gasteiger partial charge in [-0.05, 0) is 17.5 Å². The number of amides is 1. The number of carbonyl (C=O) groups is 1. The molecule has 7 nitrogen and oxygen atoms in total. The zero-order valence-electron chi connectivity index (χ0n) is 10.7. The Hall–Kier alpha value is -2.87. The maximum atomic E-state index is 12.3. The second-order valence-electron chi connectivity index (χ2n) is 4.25. The van der Waals surface area contributed by atoms with E-state index in [1.54, 1.807) is 0 Å². The summed E-state index contributed by atoms with van der Waals surface area (Å²) in [5.41, 5.74) is 5.83. The summed E-state index contributed by atoms with van der Waals surface area (Å²) < 4.78 is 1.03. The third kappa shape index (κ3) is 2.43. The average Bonchev–Trinajstić information content (AvgIpc) is 3.12. The number of H-pyrrole nitrogens is 1. The number of thiophene rings is 1. The maximum Gasteiger partial charge on any atom is 0.266 e. The van der Waals surface area contributed by atoms with Crippen molar-refractivity contribution in [1.29, 1.82) is 0 Å². The molecule has 0 saturated heterocycles. The zero-order valence-corrected chi connectivity index (χ0v) is 11.5. The van der Waals surface area contributed by atoms with E-state index in [4.69, 9.17) is 10.9 Å². The lowest BCUT2D eigenvalue weighted by molar-refractivity contribution is 0.103. The Kier molecular flexibility index (Phi) is 3.28. The number of nitrogens with one attached hydrogen (secondary N) is 2. The van der Waals surface area contributed by atoms with Crippen molar-refractivity contribution in [2.45, 2.75) is 0 Å². The van der Waals surface area contributed by atoms with Gasteiger partial charge in [-0.15, -0.1) is 11.3 Å². The van der Waals surface area contributed by atoms with E-state index in [2.05, 4.69) is 20.7 Å². The van der Waals surface area contributed by atoms with Crippen molar-refractivity contribution in [2.75, 3.05) is 5.32 Å². The van der Waals surface area contributed by atoms with Crippen molar-refractivity contribution in [1.82, 2.24) is 10.2 Å². The van der Waals surface area contributed by atoms with Crippen molar-refractivity contribution in [3.8, 4) is 0 Å². The van der Waals surface area contributed by atoms with Crippen molar-refractivity contribution in [2.24, 2.45) is 10.9 Å². The van der Waals surface area contributed by atoms with Gasteiger partial charge >= 0.3 is 0 Å². The molecular formula is C13H11N5O2S. The SMILES string of the molecule is NC(=NO)c1cn[nH]c1NC(=O)c1cc2ccccc2s1. The molecule has 0 spiro atoms. The van der Waals surface area contributed by atoms with Crippen LogP contribution >= 0.6 is 11.3 Å². The fourth-order valence-corrected chi connectivity index (χ4v) is 2.86. The van der Waals surface area contributed by atoms with Gasteiger partial charge in [0.05, 0.1) is 16.6 Å². The molecule has 0 atom stereocenters. The van der Waals surface area contributed by atoms with E-state index in [9.17, 15) is 4.79 Å². The molecule has 0 saturated carbocycles. The second kappa shape index (κ2) is 5.25. The third-order valence-electron chi connectivity index (χ3n) is 2.91. The number of fused-ring (bicyclic) bond motifs is 1. The minimum absolute atomic E-state index is 0.129. The number of amidine groups is 1. The van der Waals surface area contributed by atoms with E-state index in [1.165, 1.54) is 17.5 Å². The number of hydrogen-bond donors (Lipinski definition) is 4. The quantitative estimate of drug-likeness (QED) is 0.256. The second-order valence-corrected chi connectivity index (χ2v) is 5.33. The number of oxime groups is 1. The molecule has 106 valence electrons. The molecule has 0 aliphatic carbocycles. The predicted octanol–water partition coefficient (Wildman–Crippen LogP) is 1.97. The van der Waals surface area contributed by atoms with Crippen LogP contribution in [0.25, 0.3) is 10.1 Å². The highest BCUT2D eigenvalue weighted by Crippen LogP contribution is 2.26. The smallest absolute Gasteiger partial charge is 0.266 e. The highest BCUT2D eigenvalue weighted by Gasteiger charge is 2.15. The molecular weight excluding hydrogens is 290 g/mol. The topological polar surface area (TPSA) is 116 Å². The summed E-state index contributed by atoms with van der Waals surface area (Å²) in [7, 11) is 0. The highest BCUT2D eigenvalue weighted by molar-refractivity contribution is 7.20. The molecule has 3 rings (SSSR count). The van der Waals surface area contributed by atoms with Crippen molar-refractivity contribution >= 4 is 39.0 Å². The molecule has 0 aliphatic rings. The van der Waals surface area contributed by atoms with Crippen LogP contribution in [0.2, 0.25) is 0 Å². The summed E-state index contributed by atoms with van der Waals surface area (Å²) in [5, 5.41) is 21.6. The Morgan fingerprint density at radius 3 is 3.00 bits per heavy atom. The van der Waals surface area contributed by atoms with Gasteiger partial charge in [0.1, 0.15) is 5.82 Å². The lowest BCUT2D eigenvalue weighted by atomic mass is 10.2. The molecule has 1 aromatic carbocycles. The first-order chi connectivity index (χ1) is 10.2. The first-order valence-corrected chi connectivity index (χ1v) is 6.82. The first-order valence-electron chi connectivity index (χ1n) is 6.00. The molecule has 5 N–H and O–H groups in total. The van der Waals surface area contributed by atoms with E-state index >= 15 is 0 Å². The number of benzene rings is 1. The number of aromatic amines is 1. The van der Waals surface area contributed by atoms with Crippen LogP contribution in [0.1, 0.15) is 15.2 Å². The normalized spacial score (nSPS) is 11.7. The number of anilines is 1. The fourth-order valence-electron chi connectivity index (χ4n) is 1.90.